The molecule has 0 bridgehead atoms. The summed E-state index contributed by atoms with van der Waals surface area (Å²) in [6, 6.07) is 17.9. The average Bonchev–Trinajstić information content (AvgIpc) is 3.30. The van der Waals surface area contributed by atoms with E-state index < -0.39 is 6.03 Å². The molecule has 4 heteroatoms. The van der Waals surface area contributed by atoms with Crippen LogP contribution >= 0.6 is 0 Å². The third-order valence-corrected chi connectivity index (χ3v) is 3.70. The van der Waals surface area contributed by atoms with Gasteiger partial charge in [-0.25, -0.2) is 4.79 Å². The molecule has 2 aromatic rings. The van der Waals surface area contributed by atoms with Gasteiger partial charge in [0.2, 0.25) is 0 Å². The highest BCUT2D eigenvalue weighted by molar-refractivity contribution is 5.88. The maximum absolute atomic E-state index is 10.9. The van der Waals surface area contributed by atoms with Crippen LogP contribution in [0.25, 0.3) is 0 Å². The van der Waals surface area contributed by atoms with E-state index in [-0.39, 0.29) is 0 Å². The number of nitrogens with one attached hydrogen (secondary N) is 2. The zero-order valence-corrected chi connectivity index (χ0v) is 11.8. The van der Waals surface area contributed by atoms with Crippen molar-refractivity contribution in [1.82, 2.24) is 0 Å². The van der Waals surface area contributed by atoms with E-state index in [4.69, 9.17) is 5.73 Å². The Morgan fingerprint density at radius 1 is 1.05 bits per heavy atom. The van der Waals surface area contributed by atoms with Crippen LogP contribution in [0.2, 0.25) is 0 Å². The second-order valence-corrected chi connectivity index (χ2v) is 5.44. The molecule has 2 aromatic carbocycles. The molecule has 4 N–H and O–H groups in total. The van der Waals surface area contributed by atoms with Gasteiger partial charge in [-0.2, -0.15) is 0 Å². The first-order valence-electron chi connectivity index (χ1n) is 7.20. The van der Waals surface area contributed by atoms with Crippen LogP contribution in [-0.2, 0) is 0 Å². The van der Waals surface area contributed by atoms with Crippen molar-refractivity contribution < 1.29 is 4.79 Å². The van der Waals surface area contributed by atoms with Gasteiger partial charge in [-0.05, 0) is 42.5 Å². The number of rotatable bonds is 5. The van der Waals surface area contributed by atoms with Crippen molar-refractivity contribution in [1.29, 1.82) is 0 Å². The Hall–Kier alpha value is -2.49. The number of urea groups is 1. The fourth-order valence-electron chi connectivity index (χ4n) is 2.57. The molecular formula is C17H19N3O. The van der Waals surface area contributed by atoms with Crippen LogP contribution < -0.4 is 16.4 Å². The molecular weight excluding hydrogens is 262 g/mol. The number of hydrogen-bond acceptors (Lipinski definition) is 2. The van der Waals surface area contributed by atoms with Crippen LogP contribution in [0.15, 0.2) is 54.6 Å². The fraction of sp³-hybridized carbons (Fsp3) is 0.235. The van der Waals surface area contributed by atoms with Gasteiger partial charge in [0.1, 0.15) is 0 Å². The second kappa shape index (κ2) is 5.87. The summed E-state index contributed by atoms with van der Waals surface area (Å²) in [7, 11) is 0. The Morgan fingerprint density at radius 3 is 2.43 bits per heavy atom. The number of primary amides is 1. The first-order chi connectivity index (χ1) is 10.2. The van der Waals surface area contributed by atoms with Crippen LogP contribution in [0.1, 0.15) is 24.4 Å². The van der Waals surface area contributed by atoms with Crippen molar-refractivity contribution in [2.75, 3.05) is 10.6 Å². The largest absolute Gasteiger partial charge is 0.378 e. The third kappa shape index (κ3) is 3.54. The van der Waals surface area contributed by atoms with Gasteiger partial charge in [0.25, 0.3) is 0 Å². The van der Waals surface area contributed by atoms with Gasteiger partial charge in [0, 0.05) is 11.4 Å². The molecule has 21 heavy (non-hydrogen) atoms. The van der Waals surface area contributed by atoms with Gasteiger partial charge in [-0.3, -0.25) is 0 Å². The smallest absolute Gasteiger partial charge is 0.316 e. The van der Waals surface area contributed by atoms with E-state index in [2.05, 4.69) is 34.9 Å². The minimum Gasteiger partial charge on any atom is -0.378 e. The van der Waals surface area contributed by atoms with E-state index in [1.54, 1.807) is 0 Å². The normalized spacial score (nSPS) is 15.2. The lowest BCUT2D eigenvalue weighted by Crippen LogP contribution is -2.19. The van der Waals surface area contributed by atoms with Crippen molar-refractivity contribution in [2.24, 2.45) is 11.7 Å². The van der Waals surface area contributed by atoms with E-state index in [0.29, 0.717) is 17.6 Å². The van der Waals surface area contributed by atoms with Crippen LogP contribution in [0, 0.1) is 5.92 Å². The number of carbonyl (C=O) groups excluding carboxylic acids is 1. The molecule has 1 unspecified atom stereocenters. The molecule has 0 spiro atoms. The topological polar surface area (TPSA) is 67.2 Å². The molecule has 2 amide bonds. The fourth-order valence-corrected chi connectivity index (χ4v) is 2.57. The average molecular weight is 281 g/mol. The molecule has 108 valence electrons. The highest BCUT2D eigenvalue weighted by Gasteiger charge is 2.32. The summed E-state index contributed by atoms with van der Waals surface area (Å²) < 4.78 is 0. The molecule has 1 atom stereocenters. The summed E-state index contributed by atoms with van der Waals surface area (Å²) in [5, 5.41) is 6.18. The highest BCUT2D eigenvalue weighted by Crippen LogP contribution is 2.42. The predicted molar refractivity (Wildman–Crippen MR) is 85.2 cm³/mol. The summed E-state index contributed by atoms with van der Waals surface area (Å²) in [5.41, 5.74) is 8.15. The van der Waals surface area contributed by atoms with Gasteiger partial charge in [-0.15, -0.1) is 0 Å². The van der Waals surface area contributed by atoms with Crippen molar-refractivity contribution >= 4 is 17.4 Å². The molecule has 0 saturated heterocycles. The van der Waals surface area contributed by atoms with Crippen LogP contribution in [0.3, 0.4) is 0 Å². The predicted octanol–water partition coefficient (Wildman–Crippen LogP) is 3.74. The van der Waals surface area contributed by atoms with Gasteiger partial charge in [-0.1, -0.05) is 36.4 Å². The van der Waals surface area contributed by atoms with Crippen molar-refractivity contribution in [3.63, 3.8) is 0 Å². The summed E-state index contributed by atoms with van der Waals surface area (Å²) in [6.07, 6.45) is 2.51. The number of carbonyl (C=O) groups is 1. The van der Waals surface area contributed by atoms with E-state index in [0.717, 1.165) is 5.69 Å². The first-order valence-corrected chi connectivity index (χ1v) is 7.20. The van der Waals surface area contributed by atoms with E-state index >= 15 is 0 Å². The quantitative estimate of drug-likeness (QED) is 0.781. The Balaban J connectivity index is 1.78. The molecule has 0 aliphatic heterocycles. The van der Waals surface area contributed by atoms with Gasteiger partial charge < -0.3 is 16.4 Å². The lowest BCUT2D eigenvalue weighted by molar-refractivity contribution is 0.259. The van der Waals surface area contributed by atoms with Crippen LogP contribution in [0.4, 0.5) is 16.2 Å². The van der Waals surface area contributed by atoms with E-state index in [9.17, 15) is 4.79 Å². The number of hydrogen-bond donors (Lipinski definition) is 3. The lowest BCUT2D eigenvalue weighted by atomic mass is 10.0. The minimum absolute atomic E-state index is 0.315. The van der Waals surface area contributed by atoms with Crippen LogP contribution in [0.5, 0.6) is 0 Å². The standard InChI is InChI=1S/C17H19N3O/c18-17(21)20-15-8-4-7-14(11-15)19-16(13-9-10-13)12-5-2-1-3-6-12/h1-8,11,13,16,19H,9-10H2,(H3,18,20,21). The van der Waals surface area contributed by atoms with E-state index in [1.807, 2.05) is 30.3 Å². The zero-order chi connectivity index (χ0) is 14.7. The molecule has 1 aliphatic carbocycles. The zero-order valence-electron chi connectivity index (χ0n) is 11.8. The molecule has 1 fully saturated rings. The Morgan fingerprint density at radius 2 is 1.76 bits per heavy atom. The van der Waals surface area contributed by atoms with Gasteiger partial charge in [0.05, 0.1) is 6.04 Å². The summed E-state index contributed by atoms with van der Waals surface area (Å²) >= 11 is 0. The monoisotopic (exact) mass is 281 g/mol. The molecule has 0 aromatic heterocycles. The van der Waals surface area contributed by atoms with Crippen molar-refractivity contribution in [3.8, 4) is 0 Å². The van der Waals surface area contributed by atoms with Crippen LogP contribution in [-0.4, -0.2) is 6.03 Å². The molecule has 0 heterocycles. The maximum atomic E-state index is 10.9. The number of anilines is 2. The maximum Gasteiger partial charge on any atom is 0.316 e. The SMILES string of the molecule is NC(=O)Nc1cccc(NC(c2ccccc2)C2CC2)c1. The van der Waals surface area contributed by atoms with Gasteiger partial charge in [0.15, 0.2) is 0 Å². The van der Waals surface area contributed by atoms with Gasteiger partial charge >= 0.3 is 6.03 Å². The lowest BCUT2D eigenvalue weighted by Gasteiger charge is -2.20. The summed E-state index contributed by atoms with van der Waals surface area (Å²) in [6.45, 7) is 0. The second-order valence-electron chi connectivity index (χ2n) is 5.44. The van der Waals surface area contributed by atoms with Crippen molar-refractivity contribution in [2.45, 2.75) is 18.9 Å². The molecule has 1 aliphatic rings. The summed E-state index contributed by atoms with van der Waals surface area (Å²) in [5.74, 6) is 0.681. The molecule has 3 rings (SSSR count). The highest BCUT2D eigenvalue weighted by atomic mass is 16.2. The Kier molecular flexibility index (Phi) is 3.77. The number of benzene rings is 2. The van der Waals surface area contributed by atoms with E-state index in [1.165, 1.54) is 18.4 Å². The number of amides is 2. The number of nitrogens with two attached hydrogens (primary N) is 1. The Bertz CT molecular complexity index is 623. The van der Waals surface area contributed by atoms with Crippen molar-refractivity contribution in [3.05, 3.63) is 60.2 Å². The summed E-state index contributed by atoms with van der Waals surface area (Å²) in [4.78, 5) is 10.9. The Labute approximate surface area is 124 Å². The molecule has 0 radical (unpaired) electrons. The minimum atomic E-state index is -0.547. The molecule has 4 nitrogen and oxygen atoms in total. The third-order valence-electron chi connectivity index (χ3n) is 3.70. The first kappa shape index (κ1) is 13.5. The molecule has 1 saturated carbocycles.